The second-order valence-electron chi connectivity index (χ2n) is 2.64. The van der Waals surface area contributed by atoms with Crippen LogP contribution in [-0.4, -0.2) is 18.4 Å². The third kappa shape index (κ3) is 1.80. The molecule has 0 amide bonds. The van der Waals surface area contributed by atoms with Gasteiger partial charge < -0.3 is 10.5 Å². The molecule has 2 N–H and O–H groups in total. The molecule has 1 aliphatic rings. The Bertz CT molecular complexity index is 187. The summed E-state index contributed by atoms with van der Waals surface area (Å²) < 4.78 is 4.93. The van der Waals surface area contributed by atoms with E-state index in [4.69, 9.17) is 10.5 Å². The lowest BCUT2D eigenvalue weighted by Gasteiger charge is -2.05. The van der Waals surface area contributed by atoms with E-state index in [9.17, 15) is 4.79 Å². The lowest BCUT2D eigenvalue weighted by atomic mass is 10.0. The zero-order valence-electron chi connectivity index (χ0n) is 6.67. The predicted octanol–water partition coefficient (Wildman–Crippen LogP) is 0.597. The maximum atomic E-state index is 11.3. The minimum Gasteiger partial charge on any atom is -0.500 e. The quantitative estimate of drug-likeness (QED) is 0.649. The second kappa shape index (κ2) is 3.53. The number of carbonyl (C=O) groups is 1. The molecule has 0 aliphatic carbocycles. The van der Waals surface area contributed by atoms with E-state index in [2.05, 4.69) is 0 Å². The van der Waals surface area contributed by atoms with Crippen molar-refractivity contribution >= 4 is 5.78 Å². The highest BCUT2D eigenvalue weighted by molar-refractivity contribution is 5.99. The van der Waals surface area contributed by atoms with Gasteiger partial charge in [0.2, 0.25) is 0 Å². The van der Waals surface area contributed by atoms with Crippen LogP contribution in [-0.2, 0) is 9.53 Å². The monoisotopic (exact) mass is 155 g/mol. The SMILES string of the molecule is CC[C@@H](N)C(=O)C1=COCC1. The molecule has 1 atom stereocenters. The van der Waals surface area contributed by atoms with E-state index in [1.807, 2.05) is 6.92 Å². The Morgan fingerprint density at radius 3 is 3.09 bits per heavy atom. The zero-order valence-corrected chi connectivity index (χ0v) is 6.67. The standard InChI is InChI=1S/C8H13NO2/c1-2-7(9)8(10)6-3-4-11-5-6/h5,7H,2-4,9H2,1H3/t7-/m1/s1. The van der Waals surface area contributed by atoms with Crippen LogP contribution < -0.4 is 5.73 Å². The Morgan fingerprint density at radius 1 is 1.91 bits per heavy atom. The van der Waals surface area contributed by atoms with Crippen LogP contribution in [0.1, 0.15) is 19.8 Å². The molecule has 62 valence electrons. The fraction of sp³-hybridized carbons (Fsp3) is 0.625. The van der Waals surface area contributed by atoms with Crippen molar-refractivity contribution in [2.24, 2.45) is 5.73 Å². The fourth-order valence-electron chi connectivity index (χ4n) is 0.992. The highest BCUT2D eigenvalue weighted by atomic mass is 16.5. The molecule has 0 unspecified atom stereocenters. The number of carbonyl (C=O) groups excluding carboxylic acids is 1. The van der Waals surface area contributed by atoms with Gasteiger partial charge in [0.1, 0.15) is 0 Å². The molecule has 0 aromatic carbocycles. The molecular formula is C8H13NO2. The van der Waals surface area contributed by atoms with Gasteiger partial charge in [-0.25, -0.2) is 0 Å². The van der Waals surface area contributed by atoms with Crippen LogP contribution in [0.3, 0.4) is 0 Å². The molecule has 0 radical (unpaired) electrons. The minimum atomic E-state index is -0.344. The summed E-state index contributed by atoms with van der Waals surface area (Å²) in [7, 11) is 0. The molecule has 0 saturated heterocycles. The summed E-state index contributed by atoms with van der Waals surface area (Å²) in [6.45, 7) is 2.52. The first kappa shape index (κ1) is 8.27. The van der Waals surface area contributed by atoms with Crippen LogP contribution in [0.25, 0.3) is 0 Å². The molecule has 0 fully saturated rings. The molecule has 0 spiro atoms. The predicted molar refractivity (Wildman–Crippen MR) is 41.9 cm³/mol. The Hall–Kier alpha value is -0.830. The maximum Gasteiger partial charge on any atom is 0.178 e. The number of hydrogen-bond acceptors (Lipinski definition) is 3. The third-order valence-corrected chi connectivity index (χ3v) is 1.81. The van der Waals surface area contributed by atoms with Gasteiger partial charge in [0.05, 0.1) is 18.9 Å². The summed E-state index contributed by atoms with van der Waals surface area (Å²) in [6, 6.07) is -0.344. The summed E-state index contributed by atoms with van der Waals surface area (Å²) in [6.07, 6.45) is 2.93. The fourth-order valence-corrected chi connectivity index (χ4v) is 0.992. The highest BCUT2D eigenvalue weighted by Gasteiger charge is 2.19. The first-order chi connectivity index (χ1) is 5.25. The maximum absolute atomic E-state index is 11.3. The smallest absolute Gasteiger partial charge is 0.178 e. The number of ether oxygens (including phenoxy) is 1. The Kier molecular flexibility index (Phi) is 2.65. The van der Waals surface area contributed by atoms with E-state index in [1.54, 1.807) is 0 Å². The summed E-state index contributed by atoms with van der Waals surface area (Å²) in [4.78, 5) is 11.3. The molecule has 0 aromatic rings. The molecule has 1 aliphatic heterocycles. The van der Waals surface area contributed by atoms with Crippen molar-refractivity contribution in [1.82, 2.24) is 0 Å². The topological polar surface area (TPSA) is 52.3 Å². The van der Waals surface area contributed by atoms with Gasteiger partial charge in [-0.3, -0.25) is 4.79 Å². The van der Waals surface area contributed by atoms with Crippen LogP contribution in [0.2, 0.25) is 0 Å². The summed E-state index contributed by atoms with van der Waals surface area (Å²) in [5.41, 5.74) is 6.29. The van der Waals surface area contributed by atoms with Crippen LogP contribution in [0.5, 0.6) is 0 Å². The van der Waals surface area contributed by atoms with E-state index in [-0.39, 0.29) is 11.8 Å². The zero-order chi connectivity index (χ0) is 8.27. The first-order valence-corrected chi connectivity index (χ1v) is 3.86. The van der Waals surface area contributed by atoms with Gasteiger partial charge in [-0.05, 0) is 6.42 Å². The van der Waals surface area contributed by atoms with Gasteiger partial charge in [-0.15, -0.1) is 0 Å². The van der Waals surface area contributed by atoms with E-state index in [0.717, 1.165) is 5.57 Å². The van der Waals surface area contributed by atoms with E-state index in [0.29, 0.717) is 19.4 Å². The molecule has 3 heteroatoms. The van der Waals surface area contributed by atoms with E-state index < -0.39 is 0 Å². The summed E-state index contributed by atoms with van der Waals surface area (Å²) in [5.74, 6) is 0.0324. The molecular weight excluding hydrogens is 142 g/mol. The van der Waals surface area contributed by atoms with Crippen LogP contribution in [0.4, 0.5) is 0 Å². The molecule has 0 aromatic heterocycles. The minimum absolute atomic E-state index is 0.0324. The Morgan fingerprint density at radius 2 is 2.64 bits per heavy atom. The molecule has 11 heavy (non-hydrogen) atoms. The van der Waals surface area contributed by atoms with E-state index >= 15 is 0 Å². The molecule has 3 nitrogen and oxygen atoms in total. The van der Waals surface area contributed by atoms with Gasteiger partial charge in [-0.2, -0.15) is 0 Å². The van der Waals surface area contributed by atoms with Crippen molar-refractivity contribution in [2.45, 2.75) is 25.8 Å². The summed E-state index contributed by atoms with van der Waals surface area (Å²) >= 11 is 0. The van der Waals surface area contributed by atoms with Crippen molar-refractivity contribution in [3.63, 3.8) is 0 Å². The molecule has 1 heterocycles. The number of nitrogens with two attached hydrogens (primary N) is 1. The molecule has 0 saturated carbocycles. The van der Waals surface area contributed by atoms with Gasteiger partial charge >= 0.3 is 0 Å². The van der Waals surface area contributed by atoms with Crippen molar-refractivity contribution in [2.75, 3.05) is 6.61 Å². The number of Topliss-reactive ketones (excluding diaryl/α,β-unsaturated/α-hetero) is 1. The first-order valence-electron chi connectivity index (χ1n) is 3.86. The van der Waals surface area contributed by atoms with Crippen molar-refractivity contribution < 1.29 is 9.53 Å². The van der Waals surface area contributed by atoms with E-state index in [1.165, 1.54) is 6.26 Å². The summed E-state index contributed by atoms with van der Waals surface area (Å²) in [5, 5.41) is 0. The number of rotatable bonds is 3. The molecule has 0 bridgehead atoms. The van der Waals surface area contributed by atoms with Crippen molar-refractivity contribution in [1.29, 1.82) is 0 Å². The van der Waals surface area contributed by atoms with Gasteiger partial charge in [0, 0.05) is 12.0 Å². The average Bonchev–Trinajstić information content (AvgIpc) is 2.53. The van der Waals surface area contributed by atoms with Crippen LogP contribution in [0.15, 0.2) is 11.8 Å². The lowest BCUT2D eigenvalue weighted by Crippen LogP contribution is -2.30. The number of ketones is 1. The van der Waals surface area contributed by atoms with Crippen molar-refractivity contribution in [3.05, 3.63) is 11.8 Å². The average molecular weight is 155 g/mol. The molecule has 1 rings (SSSR count). The van der Waals surface area contributed by atoms with Gasteiger partial charge in [-0.1, -0.05) is 6.92 Å². The van der Waals surface area contributed by atoms with Gasteiger partial charge in [0.15, 0.2) is 5.78 Å². The Labute approximate surface area is 66.2 Å². The third-order valence-electron chi connectivity index (χ3n) is 1.81. The van der Waals surface area contributed by atoms with Crippen molar-refractivity contribution in [3.8, 4) is 0 Å². The van der Waals surface area contributed by atoms with Crippen LogP contribution in [0, 0.1) is 0 Å². The Balaban J connectivity index is 2.53. The van der Waals surface area contributed by atoms with Gasteiger partial charge in [0.25, 0.3) is 0 Å². The normalized spacial score (nSPS) is 18.9. The largest absolute Gasteiger partial charge is 0.500 e. The van der Waals surface area contributed by atoms with Crippen LogP contribution >= 0.6 is 0 Å². The second-order valence-corrected chi connectivity index (χ2v) is 2.64. The number of hydrogen-bond donors (Lipinski definition) is 1. The highest BCUT2D eigenvalue weighted by Crippen LogP contribution is 2.13. The lowest BCUT2D eigenvalue weighted by molar-refractivity contribution is -0.116.